The Kier molecular flexibility index (Phi) is 5.92. The molecular weight excluding hydrogens is 262 g/mol. The Bertz CT molecular complexity index is 491. The van der Waals surface area contributed by atoms with Gasteiger partial charge in [0, 0.05) is 12.0 Å². The van der Waals surface area contributed by atoms with Crippen molar-refractivity contribution in [2.24, 2.45) is 5.73 Å². The van der Waals surface area contributed by atoms with Crippen molar-refractivity contribution in [1.82, 2.24) is 5.32 Å². The minimum Gasteiger partial charge on any atom is -0.487 e. The van der Waals surface area contributed by atoms with Crippen LogP contribution in [0.25, 0.3) is 0 Å². The van der Waals surface area contributed by atoms with E-state index in [4.69, 9.17) is 10.5 Å². The molecular formula is C13H19N3O4. The van der Waals surface area contributed by atoms with E-state index in [9.17, 15) is 14.9 Å². The second kappa shape index (κ2) is 7.44. The zero-order valence-corrected chi connectivity index (χ0v) is 11.6. The van der Waals surface area contributed by atoms with E-state index in [1.165, 1.54) is 6.07 Å². The first-order valence-corrected chi connectivity index (χ1v) is 6.36. The highest BCUT2D eigenvalue weighted by Gasteiger charge is 2.19. The van der Waals surface area contributed by atoms with Gasteiger partial charge in [0.05, 0.1) is 17.6 Å². The second-order valence-corrected chi connectivity index (χ2v) is 4.33. The summed E-state index contributed by atoms with van der Waals surface area (Å²) in [5, 5.41) is 13.9. The summed E-state index contributed by atoms with van der Waals surface area (Å²) in [7, 11) is 0. The average Bonchev–Trinajstić information content (AvgIpc) is 2.37. The molecule has 0 aliphatic rings. The molecule has 1 amide bonds. The van der Waals surface area contributed by atoms with Crippen molar-refractivity contribution in [3.8, 4) is 5.75 Å². The summed E-state index contributed by atoms with van der Waals surface area (Å²) < 4.78 is 5.42. The molecule has 7 heteroatoms. The minimum atomic E-state index is -0.496. The lowest BCUT2D eigenvalue weighted by atomic mass is 10.2. The van der Waals surface area contributed by atoms with Crippen molar-refractivity contribution in [1.29, 1.82) is 0 Å². The highest BCUT2D eigenvalue weighted by Crippen LogP contribution is 2.30. The van der Waals surface area contributed by atoms with Gasteiger partial charge in [-0.15, -0.1) is 0 Å². The molecule has 1 aromatic rings. The zero-order valence-electron chi connectivity index (χ0n) is 11.6. The minimum absolute atomic E-state index is 0.0495. The van der Waals surface area contributed by atoms with E-state index in [1.807, 2.05) is 6.92 Å². The van der Waals surface area contributed by atoms with E-state index in [1.54, 1.807) is 19.1 Å². The molecule has 0 saturated carbocycles. The van der Waals surface area contributed by atoms with E-state index < -0.39 is 16.9 Å². The number of nitrogens with one attached hydrogen (secondary N) is 1. The monoisotopic (exact) mass is 281 g/mol. The number of aryl methyl sites for hydroxylation is 1. The Labute approximate surface area is 117 Å². The number of ether oxygens (including phenoxy) is 1. The van der Waals surface area contributed by atoms with Crippen molar-refractivity contribution in [3.05, 3.63) is 33.9 Å². The summed E-state index contributed by atoms with van der Waals surface area (Å²) in [4.78, 5) is 21.7. The van der Waals surface area contributed by atoms with Crippen LogP contribution >= 0.6 is 0 Å². The van der Waals surface area contributed by atoms with E-state index in [-0.39, 0.29) is 18.0 Å². The molecule has 1 rings (SSSR count). The molecule has 0 heterocycles. The number of likely N-dealkylation sites (N-methyl/N-ethyl adjacent to an activating group) is 1. The molecule has 20 heavy (non-hydrogen) atoms. The van der Waals surface area contributed by atoms with Gasteiger partial charge in [0.1, 0.15) is 0 Å². The van der Waals surface area contributed by atoms with Crippen molar-refractivity contribution < 1.29 is 14.5 Å². The lowest BCUT2D eigenvalue weighted by molar-refractivity contribution is -0.386. The SMILES string of the molecule is CCNC(CCOc1cccc(C)c1[N+](=O)[O-])C(N)=O. The van der Waals surface area contributed by atoms with Gasteiger partial charge < -0.3 is 15.8 Å². The number of nitro benzene ring substituents is 1. The van der Waals surface area contributed by atoms with Crippen LogP contribution in [-0.4, -0.2) is 30.0 Å². The number of hydrogen-bond donors (Lipinski definition) is 2. The van der Waals surface area contributed by atoms with E-state index in [0.717, 1.165) is 0 Å². The molecule has 7 nitrogen and oxygen atoms in total. The Morgan fingerprint density at radius 1 is 1.55 bits per heavy atom. The van der Waals surface area contributed by atoms with Crippen LogP contribution in [0.3, 0.4) is 0 Å². The van der Waals surface area contributed by atoms with Crippen LogP contribution in [0.15, 0.2) is 18.2 Å². The molecule has 0 aromatic heterocycles. The Morgan fingerprint density at radius 2 is 2.25 bits per heavy atom. The quantitative estimate of drug-likeness (QED) is 0.548. The van der Waals surface area contributed by atoms with Crippen molar-refractivity contribution in [2.75, 3.05) is 13.2 Å². The molecule has 0 fully saturated rings. The first-order chi connectivity index (χ1) is 9.47. The number of rotatable bonds is 8. The fourth-order valence-corrected chi connectivity index (χ4v) is 1.86. The summed E-state index contributed by atoms with van der Waals surface area (Å²) >= 11 is 0. The molecule has 1 unspecified atom stereocenters. The van der Waals surface area contributed by atoms with Gasteiger partial charge in [-0.2, -0.15) is 0 Å². The number of carbonyl (C=O) groups excluding carboxylic acids is 1. The van der Waals surface area contributed by atoms with E-state index >= 15 is 0 Å². The highest BCUT2D eigenvalue weighted by molar-refractivity contribution is 5.79. The molecule has 0 radical (unpaired) electrons. The molecule has 110 valence electrons. The van der Waals surface area contributed by atoms with Gasteiger partial charge in [0.25, 0.3) is 0 Å². The summed E-state index contributed by atoms with van der Waals surface area (Å²) in [6.45, 7) is 4.29. The fraction of sp³-hybridized carbons (Fsp3) is 0.462. The maximum atomic E-state index is 11.2. The molecule has 0 spiro atoms. The second-order valence-electron chi connectivity index (χ2n) is 4.33. The number of hydrogen-bond acceptors (Lipinski definition) is 5. The van der Waals surface area contributed by atoms with Crippen LogP contribution in [0.5, 0.6) is 5.75 Å². The summed E-state index contributed by atoms with van der Waals surface area (Å²) in [6.07, 6.45) is 0.355. The Balaban J connectivity index is 2.68. The predicted molar refractivity (Wildman–Crippen MR) is 74.6 cm³/mol. The number of para-hydroxylation sites is 1. The maximum absolute atomic E-state index is 11.2. The zero-order chi connectivity index (χ0) is 15.1. The van der Waals surface area contributed by atoms with Crippen LogP contribution < -0.4 is 15.8 Å². The predicted octanol–water partition coefficient (Wildman–Crippen LogP) is 1.14. The van der Waals surface area contributed by atoms with Crippen molar-refractivity contribution in [3.63, 3.8) is 0 Å². The highest BCUT2D eigenvalue weighted by atomic mass is 16.6. The van der Waals surface area contributed by atoms with Crippen LogP contribution in [0.4, 0.5) is 5.69 Å². The standard InChI is InChI=1S/C13H19N3O4/c1-3-15-10(13(14)17)7-8-20-11-6-4-5-9(2)12(11)16(18)19/h4-6,10,15H,3,7-8H2,1-2H3,(H2,14,17). The first kappa shape index (κ1) is 15.9. The number of carbonyl (C=O) groups is 1. The number of nitrogens with zero attached hydrogens (tertiary/aromatic N) is 1. The lowest BCUT2D eigenvalue weighted by Gasteiger charge is -2.14. The molecule has 0 saturated heterocycles. The maximum Gasteiger partial charge on any atom is 0.313 e. The van der Waals surface area contributed by atoms with Crippen LogP contribution in [-0.2, 0) is 4.79 Å². The smallest absolute Gasteiger partial charge is 0.313 e. The number of benzene rings is 1. The third kappa shape index (κ3) is 4.20. The third-order valence-electron chi connectivity index (χ3n) is 2.84. The third-order valence-corrected chi connectivity index (χ3v) is 2.84. The number of primary amides is 1. The van der Waals surface area contributed by atoms with E-state index in [0.29, 0.717) is 18.5 Å². The largest absolute Gasteiger partial charge is 0.487 e. The first-order valence-electron chi connectivity index (χ1n) is 6.36. The topological polar surface area (TPSA) is 107 Å². The van der Waals surface area contributed by atoms with E-state index in [2.05, 4.69) is 5.32 Å². The van der Waals surface area contributed by atoms with Gasteiger partial charge in [-0.3, -0.25) is 14.9 Å². The van der Waals surface area contributed by atoms with Gasteiger partial charge in [0.15, 0.2) is 5.75 Å². The van der Waals surface area contributed by atoms with Gasteiger partial charge in [0.2, 0.25) is 5.91 Å². The Hall–Kier alpha value is -2.15. The fourth-order valence-electron chi connectivity index (χ4n) is 1.86. The normalized spacial score (nSPS) is 11.9. The number of amides is 1. The summed E-state index contributed by atoms with van der Waals surface area (Å²) in [6, 6.07) is 4.38. The van der Waals surface area contributed by atoms with Gasteiger partial charge in [-0.25, -0.2) is 0 Å². The van der Waals surface area contributed by atoms with Crippen LogP contribution in [0.1, 0.15) is 18.9 Å². The molecule has 0 aliphatic carbocycles. The average molecular weight is 281 g/mol. The van der Waals surface area contributed by atoms with Crippen molar-refractivity contribution >= 4 is 11.6 Å². The molecule has 0 aliphatic heterocycles. The van der Waals surface area contributed by atoms with Crippen LogP contribution in [0.2, 0.25) is 0 Å². The lowest BCUT2D eigenvalue weighted by Crippen LogP contribution is -2.42. The molecule has 0 bridgehead atoms. The Morgan fingerprint density at radius 3 is 2.80 bits per heavy atom. The van der Waals surface area contributed by atoms with Gasteiger partial charge in [-0.1, -0.05) is 19.1 Å². The summed E-state index contributed by atoms with van der Waals surface area (Å²) in [5.74, 6) is -0.260. The van der Waals surface area contributed by atoms with Gasteiger partial charge >= 0.3 is 5.69 Å². The summed E-state index contributed by atoms with van der Waals surface area (Å²) in [5.41, 5.74) is 5.72. The molecule has 1 atom stereocenters. The van der Waals surface area contributed by atoms with Crippen molar-refractivity contribution in [2.45, 2.75) is 26.3 Å². The number of nitro groups is 1. The van der Waals surface area contributed by atoms with Crippen LogP contribution in [0, 0.1) is 17.0 Å². The van der Waals surface area contributed by atoms with Gasteiger partial charge in [-0.05, 0) is 19.5 Å². The molecule has 3 N–H and O–H groups in total. The number of nitrogens with two attached hydrogens (primary N) is 1. The molecule has 1 aromatic carbocycles.